The fraction of sp³-hybridized carbons (Fsp3) is 0.969. The van der Waals surface area contributed by atoms with Crippen molar-refractivity contribution in [1.82, 2.24) is 10.6 Å². The molecule has 24 atom stereocenters. The molecule has 530 valence electrons. The van der Waals surface area contributed by atoms with E-state index < -0.39 is 185 Å². The van der Waals surface area contributed by atoms with Crippen LogP contribution in [0.4, 0.5) is 0 Å². The van der Waals surface area contributed by atoms with E-state index in [9.17, 15) is 81.1 Å². The van der Waals surface area contributed by atoms with Gasteiger partial charge >= 0.3 is 0 Å². The zero-order valence-electron chi connectivity index (χ0n) is 54.2. The lowest BCUT2D eigenvalue weighted by Gasteiger charge is -2.47. The fourth-order valence-corrected chi connectivity index (χ4v) is 12.2. The first-order valence-corrected chi connectivity index (χ1v) is 34.3. The Hall–Kier alpha value is -1.94. The van der Waals surface area contributed by atoms with Crippen LogP contribution in [-0.2, 0) is 47.5 Å². The van der Waals surface area contributed by atoms with Crippen LogP contribution in [0.5, 0.6) is 0 Å². The van der Waals surface area contributed by atoms with Crippen molar-refractivity contribution in [3.05, 3.63) is 0 Å². The molecule has 90 heavy (non-hydrogen) atoms. The van der Waals surface area contributed by atoms with Crippen LogP contribution in [0, 0.1) is 0 Å². The average Bonchev–Trinajstić information content (AvgIpc) is 0.930. The van der Waals surface area contributed by atoms with E-state index in [2.05, 4.69) is 24.5 Å². The quantitative estimate of drug-likeness (QED) is 0.0386. The van der Waals surface area contributed by atoms with E-state index in [1.54, 1.807) is 0 Å². The number of aliphatic hydroxyl groups excluding tert-OH is 14. The number of hydrogen-bond donors (Lipinski definition) is 16. The molecule has 24 unspecified atom stereocenters. The Kier molecular flexibility index (Phi) is 40.0. The van der Waals surface area contributed by atoms with Gasteiger partial charge in [-0.25, -0.2) is 0 Å². The molecule has 0 bridgehead atoms. The highest BCUT2D eigenvalue weighted by atomic mass is 16.8. The molecule has 0 aromatic carbocycles. The van der Waals surface area contributed by atoms with Crippen molar-refractivity contribution in [1.29, 1.82) is 0 Å². The number of nitrogens with one attached hydrogen (secondary N) is 2. The highest BCUT2D eigenvalue weighted by Gasteiger charge is 2.53. The molecule has 4 rings (SSSR count). The number of aliphatic hydroxyl groups is 14. The van der Waals surface area contributed by atoms with Crippen LogP contribution in [0.15, 0.2) is 0 Å². The monoisotopic (exact) mass is 1300 g/mol. The van der Waals surface area contributed by atoms with Gasteiger partial charge in [0.05, 0.1) is 44.7 Å². The summed E-state index contributed by atoms with van der Waals surface area (Å²) in [5.74, 6) is -1.54. The van der Waals surface area contributed by atoms with Crippen LogP contribution in [0.3, 0.4) is 0 Å². The smallest absolute Gasteiger partial charge is 0.249 e. The van der Waals surface area contributed by atoms with Crippen LogP contribution in [0.2, 0.25) is 0 Å². The molecule has 4 fully saturated rings. The van der Waals surface area contributed by atoms with Gasteiger partial charge in [-0.2, -0.15) is 0 Å². The normalized spacial score (nSPS) is 33.2. The standard InChI is InChI=1S/C64H120N2O24/c1-5-7-9-11-13-15-17-19-20-21-22-24-26-28-30-32-34-43(71)60(82)66-41(48(72)42(70)33-31-29-27-25-23-18-16-14-12-10-8-6-2)36-83-64-59(54(78)49(73)44(35-67)86-64)90-63-56(80)53(77)51(75)46(88-63)37-84-61-47(65-40(4)69)52(76)50(74)45(87-61)38-85-62-57(81)55(79)58(89-62)39(3)68/h39,41-59,61-64,67-68,70-81H,5-38H2,1-4H3,(H,65,69)(H,66,82). The molecule has 0 aromatic heterocycles. The first-order chi connectivity index (χ1) is 43.2. The Labute approximate surface area is 533 Å². The van der Waals surface area contributed by atoms with Gasteiger partial charge in [-0.1, -0.05) is 194 Å². The minimum atomic E-state index is -2.09. The van der Waals surface area contributed by atoms with Gasteiger partial charge in [0.15, 0.2) is 25.2 Å². The molecular weight excluding hydrogens is 1180 g/mol. The van der Waals surface area contributed by atoms with Crippen molar-refractivity contribution < 1.29 is 119 Å². The Morgan fingerprint density at radius 3 is 1.34 bits per heavy atom. The molecule has 4 heterocycles. The maximum atomic E-state index is 13.7. The SMILES string of the molecule is CCCCCCCCCCCCCCCCCCC(O)C(=O)NC(COC1OC(CO)C(O)C(O)C1OC1OC(COC2OC(COC3OC(C(C)O)C(O)C3O)C(O)C(O)C2NC(C)=O)C(O)C(O)C1O)C(O)C(O)CCCCCCCCCCCCCC. The van der Waals surface area contributed by atoms with Crippen LogP contribution in [0.25, 0.3) is 0 Å². The second-order valence-corrected chi connectivity index (χ2v) is 25.7. The van der Waals surface area contributed by atoms with Crippen molar-refractivity contribution >= 4 is 11.8 Å². The maximum Gasteiger partial charge on any atom is 0.249 e. The lowest BCUT2D eigenvalue weighted by atomic mass is 9.96. The molecule has 0 radical (unpaired) electrons. The zero-order valence-corrected chi connectivity index (χ0v) is 54.2. The van der Waals surface area contributed by atoms with Crippen LogP contribution < -0.4 is 10.6 Å². The van der Waals surface area contributed by atoms with E-state index in [0.29, 0.717) is 12.8 Å². The molecule has 16 N–H and O–H groups in total. The minimum Gasteiger partial charge on any atom is -0.394 e. The van der Waals surface area contributed by atoms with Gasteiger partial charge < -0.3 is 120 Å². The van der Waals surface area contributed by atoms with Gasteiger partial charge in [0, 0.05) is 6.92 Å². The summed E-state index contributed by atoms with van der Waals surface area (Å²) >= 11 is 0. The summed E-state index contributed by atoms with van der Waals surface area (Å²) < 4.78 is 46.6. The molecule has 4 aliphatic rings. The highest BCUT2D eigenvalue weighted by molar-refractivity contribution is 5.80. The Bertz CT molecular complexity index is 1870. The lowest BCUT2D eigenvalue weighted by molar-refractivity contribution is -0.371. The molecule has 2 amide bonds. The first-order valence-electron chi connectivity index (χ1n) is 34.3. The van der Waals surface area contributed by atoms with E-state index in [1.807, 2.05) is 0 Å². The number of carbonyl (C=O) groups excluding carboxylic acids is 2. The van der Waals surface area contributed by atoms with E-state index in [0.717, 1.165) is 64.7 Å². The number of amides is 2. The third-order valence-corrected chi connectivity index (χ3v) is 18.0. The van der Waals surface area contributed by atoms with Gasteiger partial charge in [0.25, 0.3) is 0 Å². The maximum absolute atomic E-state index is 13.7. The molecule has 0 aromatic rings. The molecule has 0 spiro atoms. The largest absolute Gasteiger partial charge is 0.394 e. The number of unbranched alkanes of at least 4 members (excludes halogenated alkanes) is 26. The topological polar surface area (TPSA) is 415 Å². The first kappa shape index (κ1) is 80.5. The second kappa shape index (κ2) is 44.7. The predicted octanol–water partition coefficient (Wildman–Crippen LogP) is 1.76. The summed E-state index contributed by atoms with van der Waals surface area (Å²) in [4.78, 5) is 26.0. The minimum absolute atomic E-state index is 0.126. The van der Waals surface area contributed by atoms with Gasteiger partial charge in [0.1, 0.15) is 104 Å². The van der Waals surface area contributed by atoms with Gasteiger partial charge in [-0.15, -0.1) is 0 Å². The molecule has 0 aliphatic carbocycles. The van der Waals surface area contributed by atoms with E-state index in [1.165, 1.54) is 116 Å². The van der Waals surface area contributed by atoms with Crippen molar-refractivity contribution in [2.45, 2.75) is 367 Å². The fourth-order valence-electron chi connectivity index (χ4n) is 12.2. The Balaban J connectivity index is 1.40. The summed E-state index contributed by atoms with van der Waals surface area (Å²) in [7, 11) is 0. The van der Waals surface area contributed by atoms with Gasteiger partial charge in [-0.3, -0.25) is 9.59 Å². The molecule has 26 heteroatoms. The van der Waals surface area contributed by atoms with E-state index in [4.69, 9.17) is 37.9 Å². The third kappa shape index (κ3) is 27.3. The van der Waals surface area contributed by atoms with Crippen LogP contribution in [0.1, 0.15) is 220 Å². The number of ether oxygens (including phenoxy) is 8. The molecule has 26 nitrogen and oxygen atoms in total. The summed E-state index contributed by atoms with van der Waals surface area (Å²) in [6.07, 6.45) is -5.34. The van der Waals surface area contributed by atoms with Gasteiger partial charge in [0.2, 0.25) is 11.8 Å². The summed E-state index contributed by atoms with van der Waals surface area (Å²) in [5.41, 5.74) is 0. The van der Waals surface area contributed by atoms with E-state index >= 15 is 0 Å². The zero-order chi connectivity index (χ0) is 66.1. The van der Waals surface area contributed by atoms with Crippen molar-refractivity contribution in [2.75, 3.05) is 26.4 Å². The van der Waals surface area contributed by atoms with Crippen LogP contribution >= 0.6 is 0 Å². The highest BCUT2D eigenvalue weighted by Crippen LogP contribution is 2.33. The predicted molar refractivity (Wildman–Crippen MR) is 328 cm³/mol. The van der Waals surface area contributed by atoms with Crippen molar-refractivity contribution in [2.24, 2.45) is 0 Å². The van der Waals surface area contributed by atoms with Gasteiger partial charge in [-0.05, 0) is 19.8 Å². The summed E-state index contributed by atoms with van der Waals surface area (Å²) in [6.45, 7) is 3.96. The number of rotatable bonds is 48. The molecule has 4 aliphatic heterocycles. The molecule has 4 saturated heterocycles. The van der Waals surface area contributed by atoms with E-state index in [-0.39, 0.29) is 12.8 Å². The number of hydrogen-bond acceptors (Lipinski definition) is 24. The van der Waals surface area contributed by atoms with Crippen LogP contribution in [-0.4, -0.2) is 257 Å². The lowest BCUT2D eigenvalue weighted by Crippen LogP contribution is -2.66. The summed E-state index contributed by atoms with van der Waals surface area (Å²) in [5, 5.41) is 159. The molecule has 0 saturated carbocycles. The summed E-state index contributed by atoms with van der Waals surface area (Å²) in [6, 6.07) is -2.91. The average molecular weight is 1300 g/mol. The second-order valence-electron chi connectivity index (χ2n) is 25.7. The third-order valence-electron chi connectivity index (χ3n) is 18.0. The van der Waals surface area contributed by atoms with Crippen molar-refractivity contribution in [3.8, 4) is 0 Å². The Morgan fingerprint density at radius 2 is 0.878 bits per heavy atom. The van der Waals surface area contributed by atoms with Crippen molar-refractivity contribution in [3.63, 3.8) is 0 Å². The molecular formula is C64H120N2O24. The number of carbonyl (C=O) groups is 2. The Morgan fingerprint density at radius 1 is 0.456 bits per heavy atom.